The lowest BCUT2D eigenvalue weighted by Crippen LogP contribution is -2.28. The van der Waals surface area contributed by atoms with Gasteiger partial charge in [0.15, 0.2) is 0 Å². The maximum Gasteiger partial charge on any atom is 0.224 e. The molecule has 0 unspecified atom stereocenters. The summed E-state index contributed by atoms with van der Waals surface area (Å²) in [5.41, 5.74) is 2.46. The number of hydrogen-bond donors (Lipinski definition) is 1. The number of amides is 2. The molecule has 2 rings (SSSR count). The van der Waals surface area contributed by atoms with Crippen LogP contribution in [0.5, 0.6) is 0 Å². The van der Waals surface area contributed by atoms with E-state index in [4.69, 9.17) is 23.2 Å². The van der Waals surface area contributed by atoms with Gasteiger partial charge in [0.05, 0.1) is 10.0 Å². The fourth-order valence-electron chi connectivity index (χ4n) is 2.63. The lowest BCUT2D eigenvalue weighted by atomic mass is 10.1. The molecule has 0 atom stereocenters. The lowest BCUT2D eigenvalue weighted by Gasteiger charge is -2.21. The Bertz CT molecular complexity index is 793. The SMILES string of the molecule is CCN(Cc1ccccc1NC(=O)CCc1cccc(Cl)c1Cl)C(C)=O. The van der Waals surface area contributed by atoms with Crippen LogP contribution in [0.4, 0.5) is 5.69 Å². The Labute approximate surface area is 164 Å². The van der Waals surface area contributed by atoms with Crippen molar-refractivity contribution in [3.8, 4) is 0 Å². The molecule has 0 heterocycles. The Balaban J connectivity index is 2.03. The van der Waals surface area contributed by atoms with Crippen LogP contribution in [0.2, 0.25) is 10.0 Å². The second-order valence-electron chi connectivity index (χ2n) is 5.95. The lowest BCUT2D eigenvalue weighted by molar-refractivity contribution is -0.129. The molecule has 4 nitrogen and oxygen atoms in total. The van der Waals surface area contributed by atoms with Crippen molar-refractivity contribution < 1.29 is 9.59 Å². The van der Waals surface area contributed by atoms with E-state index in [1.165, 1.54) is 0 Å². The van der Waals surface area contributed by atoms with Gasteiger partial charge in [-0.3, -0.25) is 9.59 Å². The Kier molecular flexibility index (Phi) is 7.49. The topological polar surface area (TPSA) is 49.4 Å². The van der Waals surface area contributed by atoms with Gasteiger partial charge in [-0.2, -0.15) is 0 Å². The molecule has 0 spiro atoms. The second-order valence-corrected chi connectivity index (χ2v) is 6.74. The highest BCUT2D eigenvalue weighted by Gasteiger charge is 2.12. The highest BCUT2D eigenvalue weighted by molar-refractivity contribution is 6.42. The van der Waals surface area contributed by atoms with E-state index < -0.39 is 0 Å². The average molecular weight is 393 g/mol. The molecule has 0 aliphatic heterocycles. The van der Waals surface area contributed by atoms with Crippen LogP contribution < -0.4 is 5.32 Å². The summed E-state index contributed by atoms with van der Waals surface area (Å²) in [6, 6.07) is 12.9. The quantitative estimate of drug-likeness (QED) is 0.725. The zero-order chi connectivity index (χ0) is 19.1. The molecule has 2 aromatic carbocycles. The molecular formula is C20H22Cl2N2O2. The first-order valence-corrected chi connectivity index (χ1v) is 9.24. The van der Waals surface area contributed by atoms with E-state index >= 15 is 0 Å². The van der Waals surface area contributed by atoms with Crippen LogP contribution in [-0.2, 0) is 22.6 Å². The number of nitrogens with one attached hydrogen (secondary N) is 1. The number of carbonyl (C=O) groups excluding carboxylic acids is 2. The maximum atomic E-state index is 12.4. The van der Waals surface area contributed by atoms with Crippen molar-refractivity contribution in [2.75, 3.05) is 11.9 Å². The van der Waals surface area contributed by atoms with Crippen LogP contribution in [-0.4, -0.2) is 23.3 Å². The van der Waals surface area contributed by atoms with Gasteiger partial charge in [-0.15, -0.1) is 0 Å². The largest absolute Gasteiger partial charge is 0.339 e. The summed E-state index contributed by atoms with van der Waals surface area (Å²) in [6.07, 6.45) is 0.792. The van der Waals surface area contributed by atoms with Gasteiger partial charge in [0.2, 0.25) is 11.8 Å². The molecule has 0 aliphatic carbocycles. The molecular weight excluding hydrogens is 371 g/mol. The van der Waals surface area contributed by atoms with Gasteiger partial charge in [-0.25, -0.2) is 0 Å². The summed E-state index contributed by atoms with van der Waals surface area (Å²) < 4.78 is 0. The van der Waals surface area contributed by atoms with Crippen LogP contribution in [0, 0.1) is 0 Å². The van der Waals surface area contributed by atoms with Crippen LogP contribution in [0.1, 0.15) is 31.4 Å². The number of aryl methyl sites for hydroxylation is 1. The number of benzene rings is 2. The Morgan fingerprint density at radius 1 is 1.04 bits per heavy atom. The standard InChI is InChI=1S/C20H22Cl2N2O2/c1-3-24(14(2)25)13-16-7-4-5-10-18(16)23-19(26)12-11-15-8-6-9-17(21)20(15)22/h4-10H,3,11-13H2,1-2H3,(H,23,26). The van der Waals surface area contributed by atoms with Crippen LogP contribution in [0.3, 0.4) is 0 Å². The number of carbonyl (C=O) groups is 2. The third kappa shape index (κ3) is 5.48. The Morgan fingerprint density at radius 3 is 2.42 bits per heavy atom. The van der Waals surface area contributed by atoms with Gasteiger partial charge in [0, 0.05) is 32.1 Å². The van der Waals surface area contributed by atoms with E-state index in [2.05, 4.69) is 5.32 Å². The fourth-order valence-corrected chi connectivity index (χ4v) is 3.05. The predicted molar refractivity (Wildman–Crippen MR) is 107 cm³/mol. The minimum Gasteiger partial charge on any atom is -0.339 e. The van der Waals surface area contributed by atoms with Crippen molar-refractivity contribution >= 4 is 40.7 Å². The number of rotatable bonds is 7. The smallest absolute Gasteiger partial charge is 0.224 e. The van der Waals surface area contributed by atoms with Crippen molar-refractivity contribution in [3.63, 3.8) is 0 Å². The van der Waals surface area contributed by atoms with E-state index in [9.17, 15) is 9.59 Å². The minimum absolute atomic E-state index is 0.00391. The highest BCUT2D eigenvalue weighted by Crippen LogP contribution is 2.26. The third-order valence-electron chi connectivity index (χ3n) is 4.13. The molecule has 0 aliphatic rings. The van der Waals surface area contributed by atoms with Gasteiger partial charge in [-0.05, 0) is 36.6 Å². The van der Waals surface area contributed by atoms with Crippen molar-refractivity contribution in [1.29, 1.82) is 0 Å². The monoisotopic (exact) mass is 392 g/mol. The van der Waals surface area contributed by atoms with Crippen LogP contribution in [0.25, 0.3) is 0 Å². The van der Waals surface area contributed by atoms with Crippen molar-refractivity contribution in [2.24, 2.45) is 0 Å². The van der Waals surface area contributed by atoms with Crippen molar-refractivity contribution in [3.05, 3.63) is 63.6 Å². The van der Waals surface area contributed by atoms with E-state index in [1.54, 1.807) is 17.9 Å². The Morgan fingerprint density at radius 2 is 1.73 bits per heavy atom. The van der Waals surface area contributed by atoms with Gasteiger partial charge in [0.25, 0.3) is 0 Å². The molecule has 0 radical (unpaired) electrons. The number of nitrogens with zero attached hydrogens (tertiary/aromatic N) is 1. The van der Waals surface area contributed by atoms with Gasteiger partial charge >= 0.3 is 0 Å². The zero-order valence-electron chi connectivity index (χ0n) is 14.9. The summed E-state index contributed by atoms with van der Waals surface area (Å²) in [7, 11) is 0. The molecule has 0 aromatic heterocycles. The van der Waals surface area contributed by atoms with Crippen molar-refractivity contribution in [2.45, 2.75) is 33.2 Å². The summed E-state index contributed by atoms with van der Waals surface area (Å²) in [5, 5.41) is 3.90. The van der Waals surface area contributed by atoms with E-state index in [0.717, 1.165) is 16.8 Å². The summed E-state index contributed by atoms with van der Waals surface area (Å²) in [5.74, 6) is -0.108. The number of halogens is 2. The van der Waals surface area contributed by atoms with E-state index in [1.807, 2.05) is 43.3 Å². The summed E-state index contributed by atoms with van der Waals surface area (Å²) in [6.45, 7) is 4.55. The predicted octanol–water partition coefficient (Wildman–Crippen LogP) is 4.93. The van der Waals surface area contributed by atoms with Gasteiger partial charge in [0.1, 0.15) is 0 Å². The Hall–Kier alpha value is -2.04. The van der Waals surface area contributed by atoms with Gasteiger partial charge < -0.3 is 10.2 Å². The second kappa shape index (κ2) is 9.60. The molecule has 0 saturated heterocycles. The molecule has 0 bridgehead atoms. The molecule has 2 amide bonds. The first kappa shape index (κ1) is 20.3. The average Bonchev–Trinajstić information content (AvgIpc) is 2.62. The first-order valence-electron chi connectivity index (χ1n) is 8.48. The van der Waals surface area contributed by atoms with Crippen LogP contribution >= 0.6 is 23.2 Å². The molecule has 0 fully saturated rings. The summed E-state index contributed by atoms with van der Waals surface area (Å²) >= 11 is 12.2. The van der Waals surface area contributed by atoms with E-state index in [0.29, 0.717) is 36.0 Å². The van der Waals surface area contributed by atoms with Crippen LogP contribution in [0.15, 0.2) is 42.5 Å². The number of hydrogen-bond acceptors (Lipinski definition) is 2. The fraction of sp³-hybridized carbons (Fsp3) is 0.300. The minimum atomic E-state index is -0.112. The molecule has 138 valence electrons. The molecule has 0 saturated carbocycles. The maximum absolute atomic E-state index is 12.4. The summed E-state index contributed by atoms with van der Waals surface area (Å²) in [4.78, 5) is 25.7. The highest BCUT2D eigenvalue weighted by atomic mass is 35.5. The number of anilines is 1. The van der Waals surface area contributed by atoms with Gasteiger partial charge in [-0.1, -0.05) is 53.5 Å². The first-order chi connectivity index (χ1) is 12.4. The van der Waals surface area contributed by atoms with Crippen molar-refractivity contribution in [1.82, 2.24) is 4.90 Å². The molecule has 1 N–H and O–H groups in total. The molecule has 6 heteroatoms. The number of para-hydroxylation sites is 1. The van der Waals surface area contributed by atoms with E-state index in [-0.39, 0.29) is 11.8 Å². The third-order valence-corrected chi connectivity index (χ3v) is 4.99. The molecule has 2 aromatic rings. The molecule has 26 heavy (non-hydrogen) atoms. The zero-order valence-corrected chi connectivity index (χ0v) is 16.4. The normalized spacial score (nSPS) is 10.5.